The molecule has 0 radical (unpaired) electrons. The van der Waals surface area contributed by atoms with Gasteiger partial charge in [0.25, 0.3) is 0 Å². The zero-order chi connectivity index (χ0) is 21.2. The molecule has 164 valence electrons. The van der Waals surface area contributed by atoms with Crippen LogP contribution in [-0.4, -0.2) is 33.3 Å². The van der Waals surface area contributed by atoms with Crippen LogP contribution in [0.1, 0.15) is 71.1 Å². The molecule has 0 unspecified atom stereocenters. The maximum atomic E-state index is 12.2. The molecule has 0 heterocycles. The SMILES string of the molecule is CCCCCNC(=O)NCCCC/C=C\CCCCCS(=O)(=O)c1ccccc1. The van der Waals surface area contributed by atoms with E-state index in [1.54, 1.807) is 24.3 Å². The van der Waals surface area contributed by atoms with Gasteiger partial charge in [-0.05, 0) is 57.1 Å². The molecule has 6 heteroatoms. The Hall–Kier alpha value is -1.82. The van der Waals surface area contributed by atoms with Crippen molar-refractivity contribution in [3.05, 3.63) is 42.5 Å². The van der Waals surface area contributed by atoms with Crippen molar-refractivity contribution >= 4 is 15.9 Å². The molecule has 0 bridgehead atoms. The number of hydrogen-bond donors (Lipinski definition) is 2. The summed E-state index contributed by atoms with van der Waals surface area (Å²) in [5.41, 5.74) is 0. The zero-order valence-electron chi connectivity index (χ0n) is 17.9. The molecule has 0 saturated carbocycles. The van der Waals surface area contributed by atoms with Gasteiger partial charge >= 0.3 is 6.03 Å². The van der Waals surface area contributed by atoms with E-state index in [-0.39, 0.29) is 11.8 Å². The van der Waals surface area contributed by atoms with Gasteiger partial charge in [0.2, 0.25) is 0 Å². The Balaban J connectivity index is 1.94. The van der Waals surface area contributed by atoms with E-state index in [1.165, 1.54) is 0 Å². The maximum absolute atomic E-state index is 12.2. The first kappa shape index (κ1) is 25.2. The van der Waals surface area contributed by atoms with Gasteiger partial charge in [0.1, 0.15) is 0 Å². The number of hydrogen-bond acceptors (Lipinski definition) is 3. The summed E-state index contributed by atoms with van der Waals surface area (Å²) in [7, 11) is -3.14. The summed E-state index contributed by atoms with van der Waals surface area (Å²) in [5, 5.41) is 5.76. The third kappa shape index (κ3) is 13.1. The monoisotopic (exact) mass is 422 g/mol. The number of benzene rings is 1. The predicted octanol–water partition coefficient (Wildman–Crippen LogP) is 5.24. The van der Waals surface area contributed by atoms with Crippen molar-refractivity contribution < 1.29 is 13.2 Å². The van der Waals surface area contributed by atoms with Crippen LogP contribution in [0.15, 0.2) is 47.4 Å². The molecule has 1 rings (SSSR count). The van der Waals surface area contributed by atoms with Gasteiger partial charge in [-0.2, -0.15) is 0 Å². The van der Waals surface area contributed by atoms with Crippen LogP contribution in [0.4, 0.5) is 4.79 Å². The molecular formula is C23H38N2O3S. The predicted molar refractivity (Wildman–Crippen MR) is 121 cm³/mol. The van der Waals surface area contributed by atoms with Gasteiger partial charge < -0.3 is 10.6 Å². The Morgan fingerprint density at radius 1 is 0.828 bits per heavy atom. The fourth-order valence-corrected chi connectivity index (χ4v) is 4.33. The number of amides is 2. The number of unbranched alkanes of at least 4 members (excludes halogenated alkanes) is 7. The van der Waals surface area contributed by atoms with Crippen LogP contribution in [0, 0.1) is 0 Å². The highest BCUT2D eigenvalue weighted by atomic mass is 32.2. The topological polar surface area (TPSA) is 75.3 Å². The van der Waals surface area contributed by atoms with Crippen LogP contribution in [0.3, 0.4) is 0 Å². The van der Waals surface area contributed by atoms with Crippen molar-refractivity contribution in [2.45, 2.75) is 76.0 Å². The lowest BCUT2D eigenvalue weighted by atomic mass is 10.1. The first-order chi connectivity index (χ1) is 14.1. The Labute approximate surface area is 177 Å². The highest BCUT2D eigenvalue weighted by molar-refractivity contribution is 7.91. The van der Waals surface area contributed by atoms with E-state index in [0.717, 1.165) is 64.3 Å². The normalized spacial score (nSPS) is 11.6. The molecule has 0 aliphatic carbocycles. The summed E-state index contributed by atoms with van der Waals surface area (Å²) in [6, 6.07) is 8.61. The third-order valence-electron chi connectivity index (χ3n) is 4.70. The maximum Gasteiger partial charge on any atom is 0.314 e. The molecule has 0 fully saturated rings. The average molecular weight is 423 g/mol. The minimum absolute atomic E-state index is 0.0640. The van der Waals surface area contributed by atoms with E-state index < -0.39 is 9.84 Å². The molecule has 0 aliphatic heterocycles. The molecule has 0 aromatic heterocycles. The lowest BCUT2D eigenvalue weighted by molar-refractivity contribution is 0.240. The number of carbonyl (C=O) groups excluding carboxylic acids is 1. The molecule has 0 saturated heterocycles. The standard InChI is InChI=1S/C23H38N2O3S/c1-2-3-14-19-24-23(26)25-20-15-9-7-5-4-6-8-10-16-21-29(27,28)22-17-12-11-13-18-22/h4-5,11-13,17-18H,2-3,6-10,14-16,19-21H2,1H3,(H2,24,25,26)/b5-4-. The molecule has 1 aromatic carbocycles. The van der Waals surface area contributed by atoms with E-state index in [9.17, 15) is 13.2 Å². The fourth-order valence-electron chi connectivity index (χ4n) is 2.94. The first-order valence-electron chi connectivity index (χ1n) is 11.0. The van der Waals surface area contributed by atoms with Gasteiger partial charge in [0.15, 0.2) is 9.84 Å². The number of allylic oxidation sites excluding steroid dienone is 2. The number of urea groups is 1. The highest BCUT2D eigenvalue weighted by Crippen LogP contribution is 2.13. The van der Waals surface area contributed by atoms with E-state index in [2.05, 4.69) is 29.7 Å². The van der Waals surface area contributed by atoms with Crippen LogP contribution >= 0.6 is 0 Å². The Kier molecular flexibility index (Phi) is 13.9. The van der Waals surface area contributed by atoms with Crippen LogP contribution in [0.25, 0.3) is 0 Å². The van der Waals surface area contributed by atoms with Crippen molar-refractivity contribution in [3.8, 4) is 0 Å². The van der Waals surface area contributed by atoms with E-state index in [4.69, 9.17) is 0 Å². The van der Waals surface area contributed by atoms with Crippen molar-refractivity contribution in [1.29, 1.82) is 0 Å². The van der Waals surface area contributed by atoms with Crippen LogP contribution in [0.5, 0.6) is 0 Å². The van der Waals surface area contributed by atoms with Crippen LogP contribution in [0.2, 0.25) is 0 Å². The number of rotatable bonds is 16. The smallest absolute Gasteiger partial charge is 0.314 e. The number of sulfone groups is 1. The first-order valence-corrected chi connectivity index (χ1v) is 12.7. The minimum atomic E-state index is -3.14. The Morgan fingerprint density at radius 3 is 2.03 bits per heavy atom. The van der Waals surface area contributed by atoms with E-state index in [1.807, 2.05) is 6.07 Å². The fraction of sp³-hybridized carbons (Fsp3) is 0.609. The summed E-state index contributed by atoms with van der Waals surface area (Å²) >= 11 is 0. The second kappa shape index (κ2) is 16.0. The van der Waals surface area contributed by atoms with Gasteiger partial charge in [0, 0.05) is 13.1 Å². The molecule has 1 aromatic rings. The number of nitrogens with one attached hydrogen (secondary N) is 2. The van der Waals surface area contributed by atoms with Gasteiger partial charge in [-0.3, -0.25) is 0 Å². The third-order valence-corrected chi connectivity index (χ3v) is 6.52. The molecular weight excluding hydrogens is 384 g/mol. The van der Waals surface area contributed by atoms with Crippen molar-refractivity contribution in [3.63, 3.8) is 0 Å². The van der Waals surface area contributed by atoms with Crippen molar-refractivity contribution in [2.75, 3.05) is 18.8 Å². The lowest BCUT2D eigenvalue weighted by Gasteiger charge is -2.06. The van der Waals surface area contributed by atoms with E-state index in [0.29, 0.717) is 17.9 Å². The minimum Gasteiger partial charge on any atom is -0.338 e. The molecule has 2 N–H and O–H groups in total. The zero-order valence-corrected chi connectivity index (χ0v) is 18.7. The lowest BCUT2D eigenvalue weighted by Crippen LogP contribution is -2.36. The molecule has 2 amide bonds. The van der Waals surface area contributed by atoms with Gasteiger partial charge in [-0.15, -0.1) is 0 Å². The average Bonchev–Trinajstić information content (AvgIpc) is 2.72. The molecule has 0 atom stereocenters. The van der Waals surface area contributed by atoms with Gasteiger partial charge in [-0.25, -0.2) is 13.2 Å². The van der Waals surface area contributed by atoms with Crippen molar-refractivity contribution in [2.24, 2.45) is 0 Å². The molecule has 29 heavy (non-hydrogen) atoms. The van der Waals surface area contributed by atoms with Crippen LogP contribution in [-0.2, 0) is 9.84 Å². The summed E-state index contributed by atoms with van der Waals surface area (Å²) in [5.74, 6) is 0.222. The summed E-state index contributed by atoms with van der Waals surface area (Å²) in [6.07, 6.45) is 14.4. The van der Waals surface area contributed by atoms with Gasteiger partial charge in [-0.1, -0.05) is 56.5 Å². The molecule has 5 nitrogen and oxygen atoms in total. The van der Waals surface area contributed by atoms with Crippen LogP contribution < -0.4 is 10.6 Å². The number of carbonyl (C=O) groups is 1. The Morgan fingerprint density at radius 2 is 1.41 bits per heavy atom. The second-order valence-corrected chi connectivity index (χ2v) is 9.45. The summed E-state index contributed by atoms with van der Waals surface area (Å²) in [4.78, 5) is 12.0. The summed E-state index contributed by atoms with van der Waals surface area (Å²) in [6.45, 7) is 3.61. The molecule has 0 aliphatic rings. The largest absolute Gasteiger partial charge is 0.338 e. The Bertz CT molecular complexity index is 673. The van der Waals surface area contributed by atoms with Gasteiger partial charge in [0.05, 0.1) is 10.6 Å². The molecule has 0 spiro atoms. The summed E-state index contributed by atoms with van der Waals surface area (Å²) < 4.78 is 24.3. The van der Waals surface area contributed by atoms with Crippen molar-refractivity contribution in [1.82, 2.24) is 10.6 Å². The quantitative estimate of drug-likeness (QED) is 0.283. The highest BCUT2D eigenvalue weighted by Gasteiger charge is 2.12. The second-order valence-electron chi connectivity index (χ2n) is 7.34. The van der Waals surface area contributed by atoms with E-state index >= 15 is 0 Å².